The number of halogens is 1. The van der Waals surface area contributed by atoms with Crippen molar-refractivity contribution >= 4 is 33.3 Å². The molecular weight excluding hydrogens is 336 g/mol. The number of hydrogen-bond acceptors (Lipinski definition) is 3. The SMILES string of the molecule is COc1cc(Br)cc(NC(=O)Nc2ccccc2CO)c1. The van der Waals surface area contributed by atoms with E-state index >= 15 is 0 Å². The van der Waals surface area contributed by atoms with E-state index in [2.05, 4.69) is 26.6 Å². The van der Waals surface area contributed by atoms with Crippen LogP contribution in [-0.2, 0) is 6.61 Å². The molecule has 6 heteroatoms. The summed E-state index contributed by atoms with van der Waals surface area (Å²) in [5.41, 5.74) is 1.82. The minimum atomic E-state index is -0.393. The van der Waals surface area contributed by atoms with Gasteiger partial charge in [-0.15, -0.1) is 0 Å². The molecule has 0 aromatic heterocycles. The van der Waals surface area contributed by atoms with Gasteiger partial charge < -0.3 is 20.5 Å². The zero-order chi connectivity index (χ0) is 15.2. The maximum absolute atomic E-state index is 12.0. The van der Waals surface area contributed by atoms with E-state index in [9.17, 15) is 9.90 Å². The number of rotatable bonds is 4. The Bertz CT molecular complexity index is 647. The van der Waals surface area contributed by atoms with E-state index < -0.39 is 6.03 Å². The molecule has 2 aromatic carbocycles. The van der Waals surface area contributed by atoms with E-state index in [4.69, 9.17) is 4.74 Å². The number of ether oxygens (including phenoxy) is 1. The summed E-state index contributed by atoms with van der Waals surface area (Å²) >= 11 is 3.35. The first kappa shape index (κ1) is 15.3. The van der Waals surface area contributed by atoms with Crippen LogP contribution in [0.25, 0.3) is 0 Å². The second-order valence-corrected chi connectivity index (χ2v) is 5.19. The predicted molar refractivity (Wildman–Crippen MR) is 85.7 cm³/mol. The maximum Gasteiger partial charge on any atom is 0.323 e. The lowest BCUT2D eigenvalue weighted by molar-refractivity contribution is 0.262. The van der Waals surface area contributed by atoms with Crippen molar-refractivity contribution in [3.63, 3.8) is 0 Å². The summed E-state index contributed by atoms with van der Waals surface area (Å²) in [7, 11) is 1.56. The van der Waals surface area contributed by atoms with Gasteiger partial charge in [0.05, 0.1) is 13.7 Å². The van der Waals surface area contributed by atoms with Crippen LogP contribution >= 0.6 is 15.9 Å². The normalized spacial score (nSPS) is 10.0. The van der Waals surface area contributed by atoms with Crippen LogP contribution in [0.5, 0.6) is 5.75 Å². The molecule has 0 aliphatic carbocycles. The standard InChI is InChI=1S/C15H15BrN2O3/c1-21-13-7-11(16)6-12(8-13)17-15(20)18-14-5-3-2-4-10(14)9-19/h2-8,19H,9H2,1H3,(H2,17,18,20). The summed E-state index contributed by atoms with van der Waals surface area (Å²) in [6.45, 7) is -0.138. The minimum absolute atomic E-state index is 0.138. The van der Waals surface area contributed by atoms with Gasteiger partial charge in [-0.3, -0.25) is 0 Å². The molecule has 2 amide bonds. The van der Waals surface area contributed by atoms with Gasteiger partial charge in [-0.25, -0.2) is 4.79 Å². The second-order valence-electron chi connectivity index (χ2n) is 4.27. The third-order valence-electron chi connectivity index (χ3n) is 2.80. The molecule has 0 atom stereocenters. The molecule has 0 spiro atoms. The van der Waals surface area contributed by atoms with E-state index in [1.54, 1.807) is 49.6 Å². The molecule has 0 saturated heterocycles. The summed E-state index contributed by atoms with van der Waals surface area (Å²) in [5, 5.41) is 14.6. The largest absolute Gasteiger partial charge is 0.497 e. The van der Waals surface area contributed by atoms with Crippen molar-refractivity contribution < 1.29 is 14.6 Å². The molecule has 110 valence electrons. The van der Waals surface area contributed by atoms with Gasteiger partial charge in [0.2, 0.25) is 0 Å². The van der Waals surface area contributed by atoms with Gasteiger partial charge in [0, 0.05) is 27.5 Å². The molecule has 0 aliphatic rings. The van der Waals surface area contributed by atoms with Crippen LogP contribution in [0.4, 0.5) is 16.2 Å². The molecule has 21 heavy (non-hydrogen) atoms. The molecule has 3 N–H and O–H groups in total. The van der Waals surface area contributed by atoms with Crippen molar-refractivity contribution in [1.29, 1.82) is 0 Å². The third-order valence-corrected chi connectivity index (χ3v) is 3.26. The Labute approximate surface area is 131 Å². The van der Waals surface area contributed by atoms with Crippen molar-refractivity contribution in [1.82, 2.24) is 0 Å². The highest BCUT2D eigenvalue weighted by atomic mass is 79.9. The fourth-order valence-corrected chi connectivity index (χ4v) is 2.29. The van der Waals surface area contributed by atoms with Crippen molar-refractivity contribution in [3.8, 4) is 5.75 Å². The smallest absolute Gasteiger partial charge is 0.323 e. The molecule has 0 aliphatic heterocycles. The number of nitrogens with one attached hydrogen (secondary N) is 2. The van der Waals surface area contributed by atoms with Gasteiger partial charge in [0.25, 0.3) is 0 Å². The summed E-state index contributed by atoms with van der Waals surface area (Å²) < 4.78 is 5.94. The first-order valence-corrected chi connectivity index (χ1v) is 7.03. The number of para-hydroxylation sites is 1. The highest BCUT2D eigenvalue weighted by molar-refractivity contribution is 9.10. The molecule has 0 bridgehead atoms. The topological polar surface area (TPSA) is 70.6 Å². The highest BCUT2D eigenvalue weighted by Gasteiger charge is 2.07. The summed E-state index contributed by atoms with van der Waals surface area (Å²) in [6, 6.07) is 11.9. The fourth-order valence-electron chi connectivity index (χ4n) is 1.82. The number of aliphatic hydroxyl groups excluding tert-OH is 1. The Morgan fingerprint density at radius 1 is 1.24 bits per heavy atom. The number of urea groups is 1. The lowest BCUT2D eigenvalue weighted by atomic mass is 10.2. The zero-order valence-electron chi connectivity index (χ0n) is 11.4. The first-order chi connectivity index (χ1) is 10.1. The van der Waals surface area contributed by atoms with Gasteiger partial charge in [-0.2, -0.15) is 0 Å². The van der Waals surface area contributed by atoms with Crippen molar-refractivity contribution in [3.05, 3.63) is 52.5 Å². The summed E-state index contributed by atoms with van der Waals surface area (Å²) in [5.74, 6) is 0.635. The van der Waals surface area contributed by atoms with Crippen LogP contribution < -0.4 is 15.4 Å². The third kappa shape index (κ3) is 4.21. The lowest BCUT2D eigenvalue weighted by Gasteiger charge is -2.11. The molecule has 0 saturated carbocycles. The number of anilines is 2. The number of amides is 2. The zero-order valence-corrected chi connectivity index (χ0v) is 13.0. The average molecular weight is 351 g/mol. The molecular formula is C15H15BrN2O3. The first-order valence-electron chi connectivity index (χ1n) is 6.23. The number of methoxy groups -OCH3 is 1. The Morgan fingerprint density at radius 2 is 2.00 bits per heavy atom. The van der Waals surface area contributed by atoms with E-state index in [0.29, 0.717) is 22.7 Å². The van der Waals surface area contributed by atoms with Gasteiger partial charge >= 0.3 is 6.03 Å². The molecule has 0 heterocycles. The van der Waals surface area contributed by atoms with Crippen LogP contribution in [0.2, 0.25) is 0 Å². The Balaban J connectivity index is 2.10. The van der Waals surface area contributed by atoms with Crippen molar-refractivity contribution in [2.24, 2.45) is 0 Å². The van der Waals surface area contributed by atoms with E-state index in [0.717, 1.165) is 4.47 Å². The molecule has 5 nitrogen and oxygen atoms in total. The van der Waals surface area contributed by atoms with Crippen LogP contribution in [0.15, 0.2) is 46.9 Å². The van der Waals surface area contributed by atoms with Crippen molar-refractivity contribution in [2.75, 3.05) is 17.7 Å². The van der Waals surface area contributed by atoms with Crippen LogP contribution in [0.3, 0.4) is 0 Å². The predicted octanol–water partition coefficient (Wildman–Crippen LogP) is 3.59. The quantitative estimate of drug-likeness (QED) is 0.788. The molecule has 2 aromatic rings. The molecule has 0 radical (unpaired) electrons. The maximum atomic E-state index is 12.0. The highest BCUT2D eigenvalue weighted by Crippen LogP contribution is 2.24. The van der Waals surface area contributed by atoms with Gasteiger partial charge in [0.15, 0.2) is 0 Å². The van der Waals surface area contributed by atoms with Gasteiger partial charge in [-0.1, -0.05) is 34.1 Å². The lowest BCUT2D eigenvalue weighted by Crippen LogP contribution is -2.20. The molecule has 0 unspecified atom stereocenters. The average Bonchev–Trinajstić information content (AvgIpc) is 2.47. The van der Waals surface area contributed by atoms with Crippen LogP contribution in [-0.4, -0.2) is 18.2 Å². The number of aliphatic hydroxyl groups is 1. The van der Waals surface area contributed by atoms with Crippen molar-refractivity contribution in [2.45, 2.75) is 6.61 Å². The molecule has 2 rings (SSSR count). The number of benzene rings is 2. The Morgan fingerprint density at radius 3 is 2.71 bits per heavy atom. The van der Waals surface area contributed by atoms with Crippen LogP contribution in [0, 0.1) is 0 Å². The molecule has 0 fully saturated rings. The number of carbonyl (C=O) groups excluding carboxylic acids is 1. The van der Waals surface area contributed by atoms with Gasteiger partial charge in [-0.05, 0) is 18.2 Å². The fraction of sp³-hybridized carbons (Fsp3) is 0.133. The number of hydrogen-bond donors (Lipinski definition) is 3. The Kier molecular flexibility index (Phi) is 5.19. The summed E-state index contributed by atoms with van der Waals surface area (Å²) in [4.78, 5) is 12.0. The Hall–Kier alpha value is -2.05. The summed E-state index contributed by atoms with van der Waals surface area (Å²) in [6.07, 6.45) is 0. The van der Waals surface area contributed by atoms with Crippen LogP contribution in [0.1, 0.15) is 5.56 Å². The van der Waals surface area contributed by atoms with Gasteiger partial charge in [0.1, 0.15) is 5.75 Å². The number of carbonyl (C=O) groups is 1. The second kappa shape index (κ2) is 7.10. The van der Waals surface area contributed by atoms with E-state index in [-0.39, 0.29) is 6.61 Å². The minimum Gasteiger partial charge on any atom is -0.497 e. The van der Waals surface area contributed by atoms with E-state index in [1.165, 1.54) is 0 Å². The van der Waals surface area contributed by atoms with E-state index in [1.807, 2.05) is 0 Å². The monoisotopic (exact) mass is 350 g/mol.